The van der Waals surface area contributed by atoms with Crippen LogP contribution in [0.4, 0.5) is 5.69 Å². The van der Waals surface area contributed by atoms with E-state index in [1.165, 1.54) is 25.0 Å². The van der Waals surface area contributed by atoms with E-state index in [9.17, 15) is 8.42 Å². The second-order valence-corrected chi connectivity index (χ2v) is 6.12. The van der Waals surface area contributed by atoms with E-state index in [1.807, 2.05) is 0 Å². The number of benzene rings is 1. The Morgan fingerprint density at radius 2 is 1.72 bits per heavy atom. The van der Waals surface area contributed by atoms with Crippen molar-refractivity contribution < 1.29 is 8.42 Å². The molecule has 0 atom stereocenters. The lowest BCUT2D eigenvalue weighted by atomic mass is 10.1. The Hall–Kier alpha value is -1.40. The van der Waals surface area contributed by atoms with Gasteiger partial charge < -0.3 is 5.73 Å². The average Bonchev–Trinajstić information content (AvgIpc) is 2.82. The Morgan fingerprint density at radius 1 is 1.17 bits per heavy atom. The van der Waals surface area contributed by atoms with Gasteiger partial charge in [-0.25, -0.2) is 18.5 Å². The van der Waals surface area contributed by atoms with Gasteiger partial charge in [-0.1, -0.05) is 12.8 Å². The molecule has 0 aromatic heterocycles. The molecule has 18 heavy (non-hydrogen) atoms. The predicted octanol–water partition coefficient (Wildman–Crippen LogP) is 1.51. The first-order valence-electron chi connectivity index (χ1n) is 5.94. The SMILES string of the molecule is NC(=Nc1ccc(S(N)(=O)=O)cc1)C1CCCC1. The number of sulfonamides is 1. The zero-order valence-electron chi connectivity index (χ0n) is 10.0. The van der Waals surface area contributed by atoms with Crippen LogP contribution in [-0.2, 0) is 10.0 Å². The van der Waals surface area contributed by atoms with Crippen LogP contribution in [0.1, 0.15) is 25.7 Å². The van der Waals surface area contributed by atoms with Crippen molar-refractivity contribution in [2.45, 2.75) is 30.6 Å². The number of nitrogens with two attached hydrogens (primary N) is 2. The van der Waals surface area contributed by atoms with Gasteiger partial charge >= 0.3 is 0 Å². The Balaban J connectivity index is 2.17. The number of hydrogen-bond donors (Lipinski definition) is 2. The van der Waals surface area contributed by atoms with E-state index in [0.29, 0.717) is 17.4 Å². The van der Waals surface area contributed by atoms with Crippen LogP contribution in [0.5, 0.6) is 0 Å². The first-order chi connectivity index (χ1) is 8.47. The molecule has 0 aliphatic heterocycles. The molecule has 1 aromatic rings. The second kappa shape index (κ2) is 5.07. The van der Waals surface area contributed by atoms with E-state index in [-0.39, 0.29) is 4.90 Å². The average molecular weight is 267 g/mol. The van der Waals surface area contributed by atoms with Gasteiger partial charge in [0.15, 0.2) is 0 Å². The monoisotopic (exact) mass is 267 g/mol. The van der Waals surface area contributed by atoms with Gasteiger partial charge in [0.25, 0.3) is 0 Å². The van der Waals surface area contributed by atoms with E-state index in [4.69, 9.17) is 10.9 Å². The molecule has 5 nitrogen and oxygen atoms in total. The fourth-order valence-electron chi connectivity index (χ4n) is 2.17. The van der Waals surface area contributed by atoms with Gasteiger partial charge in [-0.05, 0) is 37.1 Å². The molecule has 0 unspecified atom stereocenters. The van der Waals surface area contributed by atoms with Crippen molar-refractivity contribution in [3.8, 4) is 0 Å². The molecule has 2 rings (SSSR count). The molecule has 0 bridgehead atoms. The van der Waals surface area contributed by atoms with E-state index in [1.54, 1.807) is 12.1 Å². The molecule has 0 spiro atoms. The Labute approximate surface area is 107 Å². The van der Waals surface area contributed by atoms with Gasteiger partial charge in [0.2, 0.25) is 10.0 Å². The van der Waals surface area contributed by atoms with Crippen molar-refractivity contribution in [3.05, 3.63) is 24.3 Å². The fourth-order valence-corrected chi connectivity index (χ4v) is 2.69. The molecule has 1 fully saturated rings. The largest absolute Gasteiger partial charge is 0.387 e. The number of rotatable bonds is 3. The second-order valence-electron chi connectivity index (χ2n) is 4.56. The topological polar surface area (TPSA) is 98.5 Å². The minimum atomic E-state index is -3.64. The summed E-state index contributed by atoms with van der Waals surface area (Å²) in [4.78, 5) is 4.41. The first kappa shape index (κ1) is 13.0. The molecule has 1 aliphatic carbocycles. The standard InChI is InChI=1S/C12H17N3O2S/c13-12(9-3-1-2-4-9)15-10-5-7-11(8-6-10)18(14,16)17/h5-9H,1-4H2,(H2,13,15)(H2,14,16,17). The summed E-state index contributed by atoms with van der Waals surface area (Å²) in [6.07, 6.45) is 4.58. The first-order valence-corrected chi connectivity index (χ1v) is 7.48. The maximum Gasteiger partial charge on any atom is 0.238 e. The van der Waals surface area contributed by atoms with Crippen molar-refractivity contribution in [2.75, 3.05) is 0 Å². The van der Waals surface area contributed by atoms with Crippen LogP contribution >= 0.6 is 0 Å². The van der Waals surface area contributed by atoms with Gasteiger partial charge in [0.05, 0.1) is 10.6 Å². The molecule has 0 radical (unpaired) electrons. The molecule has 0 saturated heterocycles. The number of hydrogen-bond acceptors (Lipinski definition) is 3. The van der Waals surface area contributed by atoms with Crippen LogP contribution in [0.15, 0.2) is 34.2 Å². The molecule has 0 amide bonds. The van der Waals surface area contributed by atoms with Crippen molar-refractivity contribution in [1.82, 2.24) is 0 Å². The number of primary sulfonamides is 1. The summed E-state index contributed by atoms with van der Waals surface area (Å²) < 4.78 is 22.2. The normalized spacial score (nSPS) is 18.2. The minimum absolute atomic E-state index is 0.0842. The van der Waals surface area contributed by atoms with E-state index in [2.05, 4.69) is 4.99 Å². The van der Waals surface area contributed by atoms with Crippen LogP contribution in [0.2, 0.25) is 0 Å². The van der Waals surface area contributed by atoms with Gasteiger partial charge in [0.1, 0.15) is 5.84 Å². The summed E-state index contributed by atoms with van der Waals surface area (Å²) in [7, 11) is -3.64. The van der Waals surface area contributed by atoms with Crippen LogP contribution in [-0.4, -0.2) is 14.3 Å². The van der Waals surface area contributed by atoms with Crippen LogP contribution in [0.3, 0.4) is 0 Å². The predicted molar refractivity (Wildman–Crippen MR) is 71.1 cm³/mol. The lowest BCUT2D eigenvalue weighted by Gasteiger charge is -2.08. The molecular formula is C12H17N3O2S. The fraction of sp³-hybridized carbons (Fsp3) is 0.417. The maximum atomic E-state index is 11.1. The summed E-state index contributed by atoms with van der Waals surface area (Å²) in [5.74, 6) is 0.999. The molecule has 1 aromatic carbocycles. The summed E-state index contributed by atoms with van der Waals surface area (Å²) in [6.45, 7) is 0. The molecule has 1 saturated carbocycles. The Morgan fingerprint density at radius 3 is 2.22 bits per heavy atom. The molecule has 1 aliphatic rings. The molecule has 98 valence electrons. The van der Waals surface area contributed by atoms with Crippen molar-refractivity contribution in [1.29, 1.82) is 0 Å². The van der Waals surface area contributed by atoms with Crippen LogP contribution in [0.25, 0.3) is 0 Å². The summed E-state index contributed by atoms with van der Waals surface area (Å²) in [5, 5.41) is 5.02. The molecule has 4 N–H and O–H groups in total. The molecule has 0 heterocycles. The number of aliphatic imine (C=N–C) groups is 1. The Kier molecular flexibility index (Phi) is 3.68. The number of nitrogens with zero attached hydrogens (tertiary/aromatic N) is 1. The minimum Gasteiger partial charge on any atom is -0.387 e. The molecular weight excluding hydrogens is 250 g/mol. The third-order valence-electron chi connectivity index (χ3n) is 3.20. The zero-order chi connectivity index (χ0) is 13.2. The van der Waals surface area contributed by atoms with Gasteiger partial charge in [0, 0.05) is 5.92 Å². The van der Waals surface area contributed by atoms with Crippen LogP contribution < -0.4 is 10.9 Å². The maximum absolute atomic E-state index is 11.1. The summed E-state index contributed by atoms with van der Waals surface area (Å²) >= 11 is 0. The van der Waals surface area contributed by atoms with Gasteiger partial charge in [-0.2, -0.15) is 0 Å². The number of amidine groups is 1. The summed E-state index contributed by atoms with van der Waals surface area (Å²) in [6, 6.07) is 6.11. The van der Waals surface area contributed by atoms with Crippen molar-refractivity contribution in [2.24, 2.45) is 21.8 Å². The highest BCUT2D eigenvalue weighted by atomic mass is 32.2. The van der Waals surface area contributed by atoms with Crippen molar-refractivity contribution in [3.63, 3.8) is 0 Å². The van der Waals surface area contributed by atoms with E-state index < -0.39 is 10.0 Å². The Bertz CT molecular complexity index is 543. The summed E-state index contributed by atoms with van der Waals surface area (Å²) in [5.41, 5.74) is 6.60. The van der Waals surface area contributed by atoms with Crippen LogP contribution in [0, 0.1) is 5.92 Å². The lowest BCUT2D eigenvalue weighted by molar-refractivity contribution is 0.598. The zero-order valence-corrected chi connectivity index (χ0v) is 10.9. The third kappa shape index (κ3) is 3.08. The third-order valence-corrected chi connectivity index (χ3v) is 4.13. The highest BCUT2D eigenvalue weighted by Gasteiger charge is 2.18. The molecule has 6 heteroatoms. The van der Waals surface area contributed by atoms with Gasteiger partial charge in [-0.15, -0.1) is 0 Å². The highest BCUT2D eigenvalue weighted by Crippen LogP contribution is 2.26. The smallest absolute Gasteiger partial charge is 0.238 e. The van der Waals surface area contributed by atoms with E-state index >= 15 is 0 Å². The van der Waals surface area contributed by atoms with E-state index in [0.717, 1.165) is 12.8 Å². The lowest BCUT2D eigenvalue weighted by Crippen LogP contribution is -2.20. The highest BCUT2D eigenvalue weighted by molar-refractivity contribution is 7.89. The quantitative estimate of drug-likeness (QED) is 0.641. The van der Waals surface area contributed by atoms with Crippen molar-refractivity contribution >= 4 is 21.5 Å². The van der Waals surface area contributed by atoms with Gasteiger partial charge in [-0.3, -0.25) is 0 Å².